The summed E-state index contributed by atoms with van der Waals surface area (Å²) >= 11 is 0. The molecule has 4 atom stereocenters. The Hall–Kier alpha value is -5.66. The van der Waals surface area contributed by atoms with Gasteiger partial charge in [0.2, 0.25) is 0 Å². The number of benzene rings is 5. The normalized spacial score (nSPS) is 22.9. The quantitative estimate of drug-likeness (QED) is 0.177. The van der Waals surface area contributed by atoms with Gasteiger partial charge in [0.25, 0.3) is 0 Å². The summed E-state index contributed by atoms with van der Waals surface area (Å²) in [4.78, 5) is 2.59. The third-order valence-electron chi connectivity index (χ3n) is 13.0. The average molecular weight is 698 g/mol. The van der Waals surface area contributed by atoms with Crippen LogP contribution in [0, 0.1) is 11.8 Å². The second-order valence-corrected chi connectivity index (χ2v) is 16.4. The minimum absolute atomic E-state index is 0.137. The Balaban J connectivity index is 1.09. The van der Waals surface area contributed by atoms with Crippen LogP contribution in [-0.4, -0.2) is 6.04 Å². The zero-order chi connectivity index (χ0) is 36.4. The van der Waals surface area contributed by atoms with E-state index < -0.39 is 0 Å². The molecular weight excluding hydrogens is 651 g/mol. The number of rotatable bonds is 5. The van der Waals surface area contributed by atoms with Gasteiger partial charge in [-0.25, -0.2) is 0 Å². The minimum atomic E-state index is -0.137. The molecule has 10 rings (SSSR count). The van der Waals surface area contributed by atoms with E-state index in [9.17, 15) is 0 Å². The van der Waals surface area contributed by atoms with E-state index in [0.717, 1.165) is 19.3 Å². The first-order valence-corrected chi connectivity index (χ1v) is 19.9. The summed E-state index contributed by atoms with van der Waals surface area (Å²) in [6.07, 6.45) is 22.1. The fourth-order valence-corrected chi connectivity index (χ4v) is 10.2. The summed E-state index contributed by atoms with van der Waals surface area (Å²) in [7, 11) is 0. The van der Waals surface area contributed by atoms with Crippen molar-refractivity contribution in [1.82, 2.24) is 0 Å². The predicted molar refractivity (Wildman–Crippen MR) is 228 cm³/mol. The van der Waals surface area contributed by atoms with E-state index >= 15 is 0 Å². The van der Waals surface area contributed by atoms with E-state index in [2.05, 4.69) is 196 Å². The van der Waals surface area contributed by atoms with Gasteiger partial charge in [-0.1, -0.05) is 166 Å². The van der Waals surface area contributed by atoms with E-state index in [-0.39, 0.29) is 11.5 Å². The maximum absolute atomic E-state index is 2.59. The molecule has 5 aromatic carbocycles. The Kier molecular flexibility index (Phi) is 7.95. The SMILES string of the molecule is CC1CC=C(c2ccccc2)C=CC1N(c1ccccc1)c1ccc2c(c1)C(C)(C)c1cccc(C3Cc4ccccc4C4=C3C=CC3=CC=CCC34)c1-2. The van der Waals surface area contributed by atoms with Gasteiger partial charge in [0, 0.05) is 28.6 Å². The number of nitrogens with zero attached hydrogens (tertiary/aromatic N) is 1. The Labute approximate surface area is 321 Å². The fourth-order valence-electron chi connectivity index (χ4n) is 10.2. The van der Waals surface area contributed by atoms with Gasteiger partial charge in [-0.15, -0.1) is 0 Å². The molecule has 0 N–H and O–H groups in total. The van der Waals surface area contributed by atoms with Crippen molar-refractivity contribution in [3.8, 4) is 11.1 Å². The molecule has 0 amide bonds. The molecule has 0 fully saturated rings. The lowest BCUT2D eigenvalue weighted by molar-refractivity contribution is 0.520. The van der Waals surface area contributed by atoms with Gasteiger partial charge in [-0.2, -0.15) is 0 Å². The smallest absolute Gasteiger partial charge is 0.0554 e. The van der Waals surface area contributed by atoms with Crippen molar-refractivity contribution < 1.29 is 0 Å². The lowest BCUT2D eigenvalue weighted by Crippen LogP contribution is -2.34. The number of allylic oxidation sites excluding steroid dienone is 11. The largest absolute Gasteiger partial charge is 0.334 e. The second-order valence-electron chi connectivity index (χ2n) is 16.4. The van der Waals surface area contributed by atoms with Crippen molar-refractivity contribution in [2.24, 2.45) is 11.8 Å². The fraction of sp³-hybridized carbons (Fsp3) is 0.208. The Morgan fingerprint density at radius 1 is 0.667 bits per heavy atom. The van der Waals surface area contributed by atoms with Crippen LogP contribution in [-0.2, 0) is 11.8 Å². The third kappa shape index (κ3) is 5.28. The van der Waals surface area contributed by atoms with Crippen molar-refractivity contribution >= 4 is 22.5 Å². The first-order chi connectivity index (χ1) is 26.5. The van der Waals surface area contributed by atoms with Crippen molar-refractivity contribution in [2.75, 3.05) is 4.90 Å². The van der Waals surface area contributed by atoms with Crippen LogP contribution >= 0.6 is 0 Å². The van der Waals surface area contributed by atoms with Crippen LogP contribution < -0.4 is 4.90 Å². The summed E-state index contributed by atoms with van der Waals surface area (Å²) < 4.78 is 0. The van der Waals surface area contributed by atoms with Crippen molar-refractivity contribution in [2.45, 2.75) is 57.4 Å². The molecule has 264 valence electrons. The molecule has 5 aliphatic rings. The number of hydrogen-bond donors (Lipinski definition) is 0. The maximum Gasteiger partial charge on any atom is 0.0554 e. The molecule has 0 heterocycles. The van der Waals surface area contributed by atoms with Gasteiger partial charge < -0.3 is 4.90 Å². The Bertz CT molecular complexity index is 2470. The summed E-state index contributed by atoms with van der Waals surface area (Å²) in [5.74, 6) is 1.15. The van der Waals surface area contributed by atoms with Crippen molar-refractivity contribution in [3.63, 3.8) is 0 Å². The lowest BCUT2D eigenvalue weighted by Gasteiger charge is -2.37. The van der Waals surface area contributed by atoms with E-state index in [1.54, 1.807) is 5.57 Å². The molecule has 0 aromatic heterocycles. The highest BCUT2D eigenvalue weighted by Crippen LogP contribution is 2.56. The zero-order valence-electron chi connectivity index (χ0n) is 31.5. The van der Waals surface area contributed by atoms with Gasteiger partial charge in [0.1, 0.15) is 0 Å². The molecule has 0 saturated heterocycles. The monoisotopic (exact) mass is 697 g/mol. The average Bonchev–Trinajstić information content (AvgIpc) is 3.31. The summed E-state index contributed by atoms with van der Waals surface area (Å²) in [6.45, 7) is 7.28. The maximum atomic E-state index is 2.59. The molecule has 5 aromatic rings. The van der Waals surface area contributed by atoms with Crippen LogP contribution in [0.15, 0.2) is 181 Å². The number of fused-ring (bicyclic) bond motifs is 7. The van der Waals surface area contributed by atoms with Crippen molar-refractivity contribution in [3.05, 3.63) is 214 Å². The van der Waals surface area contributed by atoms with Crippen LogP contribution in [0.4, 0.5) is 11.4 Å². The molecular formula is C53H47N. The first kappa shape index (κ1) is 32.9. The highest BCUT2D eigenvalue weighted by molar-refractivity contribution is 5.89. The molecule has 5 aliphatic carbocycles. The van der Waals surface area contributed by atoms with Gasteiger partial charge in [-0.3, -0.25) is 0 Å². The predicted octanol–water partition coefficient (Wildman–Crippen LogP) is 13.3. The number of para-hydroxylation sites is 1. The van der Waals surface area contributed by atoms with E-state index in [1.807, 2.05) is 0 Å². The van der Waals surface area contributed by atoms with Gasteiger partial charge in [0.05, 0.1) is 6.04 Å². The highest BCUT2D eigenvalue weighted by atomic mass is 15.2. The molecule has 0 saturated carbocycles. The summed E-state index contributed by atoms with van der Waals surface area (Å²) in [6, 6.07) is 45.8. The van der Waals surface area contributed by atoms with Crippen LogP contribution in [0.2, 0.25) is 0 Å². The van der Waals surface area contributed by atoms with Crippen LogP contribution in [0.5, 0.6) is 0 Å². The van der Waals surface area contributed by atoms with Gasteiger partial charge in [0.15, 0.2) is 0 Å². The van der Waals surface area contributed by atoms with E-state index in [1.165, 1.54) is 72.6 Å². The van der Waals surface area contributed by atoms with Crippen LogP contribution in [0.25, 0.3) is 22.3 Å². The minimum Gasteiger partial charge on any atom is -0.334 e. The summed E-state index contributed by atoms with van der Waals surface area (Å²) in [5.41, 5.74) is 19.5. The number of anilines is 2. The molecule has 0 bridgehead atoms. The molecule has 1 heteroatoms. The molecule has 0 aliphatic heterocycles. The van der Waals surface area contributed by atoms with Crippen molar-refractivity contribution in [1.29, 1.82) is 0 Å². The van der Waals surface area contributed by atoms with E-state index in [4.69, 9.17) is 0 Å². The van der Waals surface area contributed by atoms with Crippen LogP contribution in [0.3, 0.4) is 0 Å². The molecule has 4 unspecified atom stereocenters. The topological polar surface area (TPSA) is 3.24 Å². The zero-order valence-corrected chi connectivity index (χ0v) is 31.5. The Morgan fingerprint density at radius 3 is 2.31 bits per heavy atom. The standard InChI is InChI=1S/C53H47N/c1-35-25-26-37(36-15-6-4-7-16-36)28-32-50(35)54(40-19-8-5-9-20-40)41-29-31-46-49(34-41)53(2,3)48-24-14-23-44(52(46)48)47-33-39-18-11-13-22-43(39)51-42-21-12-10-17-38(42)27-30-45(47)51/h4-20,22-24,26-32,34-35,42,47,50H,21,25,33H2,1-3H3. The Morgan fingerprint density at radius 2 is 1.46 bits per heavy atom. The van der Waals surface area contributed by atoms with E-state index in [0.29, 0.717) is 17.8 Å². The van der Waals surface area contributed by atoms with Crippen LogP contribution in [0.1, 0.15) is 72.9 Å². The molecule has 54 heavy (non-hydrogen) atoms. The van der Waals surface area contributed by atoms with Gasteiger partial charge >= 0.3 is 0 Å². The highest BCUT2D eigenvalue weighted by Gasteiger charge is 2.41. The molecule has 0 radical (unpaired) electrons. The van der Waals surface area contributed by atoms with Gasteiger partial charge in [-0.05, 0) is 116 Å². The lowest BCUT2D eigenvalue weighted by atomic mass is 9.66. The first-order valence-electron chi connectivity index (χ1n) is 19.9. The molecule has 1 nitrogen and oxygen atoms in total. The number of hydrogen-bond acceptors (Lipinski definition) is 1. The third-order valence-corrected chi connectivity index (χ3v) is 13.0. The second kappa shape index (κ2) is 13.0. The molecule has 0 spiro atoms. The summed E-state index contributed by atoms with van der Waals surface area (Å²) in [5, 5.41) is 0.